The highest BCUT2D eigenvalue weighted by molar-refractivity contribution is 7.49. The van der Waals surface area contributed by atoms with Gasteiger partial charge in [-0.1, -0.05) is 18.2 Å². The van der Waals surface area contributed by atoms with Gasteiger partial charge in [0.25, 0.3) is 0 Å². The van der Waals surface area contributed by atoms with Crippen LogP contribution in [0.5, 0.6) is 5.75 Å². The lowest BCUT2D eigenvalue weighted by molar-refractivity contribution is -0.156. The molecule has 0 aliphatic carbocycles. The predicted molar refractivity (Wildman–Crippen MR) is 132 cm³/mol. The Kier molecular flexibility index (Phi) is 9.50. The number of nitrogens with zero attached hydrogens (tertiary/aromatic N) is 3. The zero-order chi connectivity index (χ0) is 28.1. The first-order chi connectivity index (χ1) is 17.9. The van der Waals surface area contributed by atoms with E-state index >= 15 is 0 Å². The van der Waals surface area contributed by atoms with Crippen LogP contribution in [0.3, 0.4) is 0 Å². The van der Waals surface area contributed by atoms with Crippen molar-refractivity contribution in [3.63, 3.8) is 0 Å². The van der Waals surface area contributed by atoms with Crippen molar-refractivity contribution in [1.82, 2.24) is 14.8 Å². The molecule has 1 aliphatic heterocycles. The number of aliphatic hydroxyl groups excluding tert-OH is 1. The van der Waals surface area contributed by atoms with E-state index in [-0.39, 0.29) is 11.6 Å². The second kappa shape index (κ2) is 12.2. The van der Waals surface area contributed by atoms with E-state index in [1.807, 2.05) is 5.38 Å². The molecule has 0 radical (unpaired) electrons. The fourth-order valence-corrected chi connectivity index (χ4v) is 4.79. The summed E-state index contributed by atoms with van der Waals surface area (Å²) in [5, 5.41) is 27.6. The maximum absolute atomic E-state index is 13.6. The van der Waals surface area contributed by atoms with Crippen LogP contribution in [0.4, 0.5) is 5.82 Å². The van der Waals surface area contributed by atoms with Crippen molar-refractivity contribution in [3.8, 4) is 17.0 Å². The number of hydrogen-bond donors (Lipinski definition) is 3. The highest BCUT2D eigenvalue weighted by Crippen LogP contribution is 2.51. The van der Waals surface area contributed by atoms with E-state index in [1.54, 1.807) is 32.0 Å². The van der Waals surface area contributed by atoms with Gasteiger partial charge < -0.3 is 29.9 Å². The Bertz CT molecular complexity index is 1300. The fourth-order valence-electron chi connectivity index (χ4n) is 3.30. The number of aromatic nitrogens is 3. The predicted octanol–water partition coefficient (Wildman–Crippen LogP) is 0.970. The largest absolute Gasteiger partial charge is 0.530 e. The van der Waals surface area contributed by atoms with Gasteiger partial charge in [-0.3, -0.25) is 9.05 Å². The van der Waals surface area contributed by atoms with E-state index in [1.165, 1.54) is 19.1 Å². The summed E-state index contributed by atoms with van der Waals surface area (Å²) in [7, 11) is -4.59. The number of phosphoric ester groups is 1. The summed E-state index contributed by atoms with van der Waals surface area (Å²) in [4.78, 5) is 28.1. The van der Waals surface area contributed by atoms with E-state index < -0.39 is 62.3 Å². The summed E-state index contributed by atoms with van der Waals surface area (Å²) in [6.45, 7) is 3.81. The van der Waals surface area contributed by atoms with Crippen LogP contribution in [0.2, 0.25) is 0 Å². The van der Waals surface area contributed by atoms with Crippen LogP contribution in [0.1, 0.15) is 27.0 Å². The number of hydrogen-bond acceptors (Lipinski definition) is 13. The Morgan fingerprint density at radius 2 is 2.03 bits per heavy atom. The van der Waals surface area contributed by atoms with Gasteiger partial charge in [0, 0.05) is 5.38 Å². The smallest absolute Gasteiger partial charge is 0.461 e. The van der Waals surface area contributed by atoms with Gasteiger partial charge >= 0.3 is 19.5 Å². The van der Waals surface area contributed by atoms with Gasteiger partial charge in [0.2, 0.25) is 5.60 Å². The molecule has 0 bridgehead atoms. The SMILES string of the molecule is CC(C)OC(=O)[C@H](C)OP(=O)(OC[C@H]1O[C@@H](n2ncc(N)nc2=O)C(O)(C#CCl)[C@H]1O)Oc1ccccc1. The molecular weight excluding hydrogens is 547 g/mol. The first-order valence-corrected chi connectivity index (χ1v) is 13.0. The normalized spacial score (nSPS) is 25.2. The van der Waals surface area contributed by atoms with Gasteiger partial charge in [-0.05, 0) is 50.4 Å². The van der Waals surface area contributed by atoms with Crippen LogP contribution >= 0.6 is 19.4 Å². The number of carbonyl (C=O) groups is 1. The molecule has 16 heteroatoms. The van der Waals surface area contributed by atoms with Gasteiger partial charge in [-0.2, -0.15) is 14.8 Å². The van der Waals surface area contributed by atoms with Crippen molar-refractivity contribution in [1.29, 1.82) is 0 Å². The Balaban J connectivity index is 1.86. The summed E-state index contributed by atoms with van der Waals surface area (Å²) in [6.07, 6.45) is -5.88. The van der Waals surface area contributed by atoms with Crippen molar-refractivity contribution in [2.24, 2.45) is 0 Å². The molecule has 2 heterocycles. The Labute approximate surface area is 222 Å². The molecule has 1 fully saturated rings. The van der Waals surface area contributed by atoms with Crippen LogP contribution in [0.25, 0.3) is 0 Å². The minimum absolute atomic E-state index is 0.0826. The number of rotatable bonds is 10. The molecule has 1 saturated heterocycles. The Morgan fingerprint density at radius 3 is 2.63 bits per heavy atom. The van der Waals surface area contributed by atoms with Gasteiger partial charge in [0.05, 0.1) is 18.9 Å². The molecule has 2 unspecified atom stereocenters. The van der Waals surface area contributed by atoms with Crippen LogP contribution in [-0.4, -0.2) is 67.6 Å². The molecular formula is C22H26ClN4O10P. The lowest BCUT2D eigenvalue weighted by atomic mass is 9.95. The zero-order valence-electron chi connectivity index (χ0n) is 20.5. The number of para-hydroxylation sites is 1. The number of ether oxygens (including phenoxy) is 2. The van der Waals surface area contributed by atoms with Gasteiger partial charge in [-0.25, -0.2) is 14.2 Å². The standard InChI is InChI=1S/C22H26ClN4O10P/c1-13(2)34-19(29)14(3)36-38(32,37-15-7-5-4-6-8-15)33-12-16-18(28)22(31,9-10-23)20(35-16)27-21(30)26-17(24)11-25-27/h4-8,11,13-14,16,18,20,28,31H,12H2,1-3H3,(H2,24,26,30)/t14-,16+,18-,20+,22?,38?/m0/s1. The van der Waals surface area contributed by atoms with E-state index in [2.05, 4.69) is 16.0 Å². The molecule has 206 valence electrons. The third kappa shape index (κ3) is 6.89. The minimum atomic E-state index is -4.59. The van der Waals surface area contributed by atoms with E-state index in [0.29, 0.717) is 4.68 Å². The summed E-state index contributed by atoms with van der Waals surface area (Å²) in [6, 6.07) is 7.82. The second-order valence-electron chi connectivity index (χ2n) is 8.31. The third-order valence-electron chi connectivity index (χ3n) is 5.02. The van der Waals surface area contributed by atoms with E-state index in [4.69, 9.17) is 40.4 Å². The molecule has 0 saturated carbocycles. The molecule has 14 nitrogen and oxygen atoms in total. The fraction of sp³-hybridized carbons (Fsp3) is 0.455. The first-order valence-electron chi connectivity index (χ1n) is 11.2. The van der Waals surface area contributed by atoms with Gasteiger partial charge in [0.1, 0.15) is 23.8 Å². The molecule has 1 aliphatic rings. The molecule has 4 N–H and O–H groups in total. The number of halogens is 1. The van der Waals surface area contributed by atoms with Crippen molar-refractivity contribution >= 4 is 31.2 Å². The number of anilines is 1. The van der Waals surface area contributed by atoms with Crippen LogP contribution in [0.15, 0.2) is 41.3 Å². The summed E-state index contributed by atoms with van der Waals surface area (Å²) >= 11 is 5.47. The second-order valence-corrected chi connectivity index (χ2v) is 10.0. The lowest BCUT2D eigenvalue weighted by Gasteiger charge is -2.25. The number of carbonyl (C=O) groups excluding carboxylic acids is 1. The molecule has 0 spiro atoms. The van der Waals surface area contributed by atoms with Crippen LogP contribution in [0, 0.1) is 11.3 Å². The van der Waals surface area contributed by atoms with Crippen molar-refractivity contribution < 1.29 is 42.6 Å². The minimum Gasteiger partial charge on any atom is -0.461 e. The molecule has 0 amide bonds. The quantitative estimate of drug-likeness (QED) is 0.207. The van der Waals surface area contributed by atoms with E-state index in [9.17, 15) is 24.4 Å². The molecule has 2 aromatic rings. The van der Waals surface area contributed by atoms with E-state index in [0.717, 1.165) is 6.20 Å². The molecule has 1 aromatic heterocycles. The summed E-state index contributed by atoms with van der Waals surface area (Å²) in [5.74, 6) is 1.24. The number of nitrogens with two attached hydrogens (primary N) is 1. The number of benzene rings is 1. The number of esters is 1. The topological polar surface area (TPSA) is 195 Å². The van der Waals surface area contributed by atoms with Crippen molar-refractivity contribution in [3.05, 3.63) is 47.0 Å². The molecule has 6 atom stereocenters. The average molecular weight is 573 g/mol. The van der Waals surface area contributed by atoms with Gasteiger partial charge in [-0.15, -0.1) is 0 Å². The Morgan fingerprint density at radius 1 is 1.34 bits per heavy atom. The number of nitrogen functional groups attached to an aromatic ring is 1. The van der Waals surface area contributed by atoms with Crippen molar-refractivity contribution in [2.75, 3.05) is 12.3 Å². The molecule has 3 rings (SSSR count). The maximum Gasteiger partial charge on any atom is 0.530 e. The zero-order valence-corrected chi connectivity index (χ0v) is 22.1. The molecule has 38 heavy (non-hydrogen) atoms. The Hall–Kier alpha value is -3.02. The average Bonchev–Trinajstić information content (AvgIpc) is 3.08. The third-order valence-corrected chi connectivity index (χ3v) is 6.58. The monoisotopic (exact) mass is 572 g/mol. The first kappa shape index (κ1) is 29.5. The summed E-state index contributed by atoms with van der Waals surface area (Å²) < 4.78 is 41.0. The maximum atomic E-state index is 13.6. The summed E-state index contributed by atoms with van der Waals surface area (Å²) in [5.41, 5.74) is 1.97. The highest BCUT2D eigenvalue weighted by Gasteiger charge is 2.57. The molecule has 1 aromatic carbocycles. The van der Waals surface area contributed by atoms with Crippen LogP contribution < -0.4 is 15.9 Å². The van der Waals surface area contributed by atoms with Gasteiger partial charge in [0.15, 0.2) is 12.3 Å². The van der Waals surface area contributed by atoms with Crippen LogP contribution in [-0.2, 0) is 27.9 Å². The number of phosphoric acid groups is 1. The number of aliphatic hydroxyl groups is 2. The van der Waals surface area contributed by atoms with Crippen molar-refractivity contribution in [2.45, 2.75) is 57.0 Å². The highest BCUT2D eigenvalue weighted by atomic mass is 35.5. The lowest BCUT2D eigenvalue weighted by Crippen LogP contribution is -2.48.